The van der Waals surface area contributed by atoms with Crippen LogP contribution in [0.15, 0.2) is 30.9 Å². The summed E-state index contributed by atoms with van der Waals surface area (Å²) in [6, 6.07) is 1.00. The van der Waals surface area contributed by atoms with Crippen LogP contribution in [0.3, 0.4) is 0 Å². The van der Waals surface area contributed by atoms with E-state index >= 15 is 0 Å². The number of carbonyl (C=O) groups is 1. The van der Waals surface area contributed by atoms with Crippen molar-refractivity contribution in [2.45, 2.75) is 43.9 Å². The lowest BCUT2D eigenvalue weighted by Crippen LogP contribution is -2.39. The van der Waals surface area contributed by atoms with E-state index in [2.05, 4.69) is 30.5 Å². The summed E-state index contributed by atoms with van der Waals surface area (Å²) in [5.41, 5.74) is 0.912. The van der Waals surface area contributed by atoms with Crippen LogP contribution < -0.4 is 10.1 Å². The molecule has 35 heavy (non-hydrogen) atoms. The van der Waals surface area contributed by atoms with Crippen LogP contribution in [-0.2, 0) is 0 Å². The normalized spacial score (nSPS) is 18.6. The van der Waals surface area contributed by atoms with Gasteiger partial charge in [0.25, 0.3) is 11.9 Å². The number of fused-ring (bicyclic) bond motifs is 1. The second-order valence-corrected chi connectivity index (χ2v) is 9.64. The predicted molar refractivity (Wildman–Crippen MR) is 120 cm³/mol. The molecule has 10 nitrogen and oxygen atoms in total. The minimum absolute atomic E-state index is 0.159. The summed E-state index contributed by atoms with van der Waals surface area (Å²) in [6.07, 6.45) is 3.91. The molecule has 0 spiro atoms. The molecule has 15 heteroatoms. The van der Waals surface area contributed by atoms with Gasteiger partial charge in [0.2, 0.25) is 0 Å². The van der Waals surface area contributed by atoms with Crippen LogP contribution in [0.4, 0.5) is 13.2 Å². The molecule has 0 aliphatic heterocycles. The number of amides is 1. The molecule has 1 aliphatic carbocycles. The average molecular weight is 527 g/mol. The Bertz CT molecular complexity index is 1340. The molecule has 5 rings (SSSR count). The van der Waals surface area contributed by atoms with E-state index in [9.17, 15) is 18.0 Å². The maximum atomic E-state index is 12.9. The third kappa shape index (κ3) is 5.22. The number of rotatable bonds is 6. The summed E-state index contributed by atoms with van der Waals surface area (Å²) in [7, 11) is 0. The highest BCUT2D eigenvalue weighted by molar-refractivity contribution is 7.17. The van der Waals surface area contributed by atoms with E-state index in [0.717, 1.165) is 24.2 Å². The summed E-state index contributed by atoms with van der Waals surface area (Å²) in [4.78, 5) is 26.4. The molecule has 2 atom stereocenters. The van der Waals surface area contributed by atoms with Gasteiger partial charge in [-0.25, -0.2) is 9.97 Å². The largest absolute Gasteiger partial charge is 0.455 e. The van der Waals surface area contributed by atoms with E-state index in [1.807, 2.05) is 0 Å². The molecule has 1 saturated carbocycles. The molecule has 0 saturated heterocycles. The van der Waals surface area contributed by atoms with Crippen molar-refractivity contribution in [3.05, 3.63) is 40.2 Å². The highest BCUT2D eigenvalue weighted by atomic mass is 35.5. The number of nitrogens with zero attached hydrogens (tertiary/aromatic N) is 7. The first-order valence-corrected chi connectivity index (χ1v) is 11.8. The summed E-state index contributed by atoms with van der Waals surface area (Å²) in [6.45, 7) is -1.48. The van der Waals surface area contributed by atoms with Crippen molar-refractivity contribution in [2.75, 3.05) is 6.61 Å². The van der Waals surface area contributed by atoms with Gasteiger partial charge in [-0.3, -0.25) is 9.36 Å². The number of pyridine rings is 1. The number of aromatic nitrogens is 7. The van der Waals surface area contributed by atoms with Gasteiger partial charge in [-0.2, -0.15) is 28.4 Å². The van der Waals surface area contributed by atoms with Gasteiger partial charge in [0, 0.05) is 18.2 Å². The first kappa shape index (κ1) is 23.5. The van der Waals surface area contributed by atoms with Gasteiger partial charge in [-0.05, 0) is 25.7 Å². The van der Waals surface area contributed by atoms with Crippen LogP contribution >= 0.6 is 22.9 Å². The van der Waals surface area contributed by atoms with Gasteiger partial charge < -0.3 is 10.1 Å². The molecule has 4 aromatic heterocycles. The second-order valence-electron chi connectivity index (χ2n) is 7.98. The molecule has 4 aromatic rings. The minimum Gasteiger partial charge on any atom is -0.455 e. The second kappa shape index (κ2) is 9.41. The fourth-order valence-corrected chi connectivity index (χ4v) is 4.96. The van der Waals surface area contributed by atoms with Crippen molar-refractivity contribution in [3.63, 3.8) is 0 Å². The highest BCUT2D eigenvalue weighted by Gasteiger charge is 2.33. The summed E-state index contributed by atoms with van der Waals surface area (Å²) >= 11 is 6.95. The van der Waals surface area contributed by atoms with Gasteiger partial charge in [0.15, 0.2) is 17.4 Å². The fourth-order valence-electron chi connectivity index (χ4n) is 4.15. The van der Waals surface area contributed by atoms with Crippen molar-refractivity contribution in [2.24, 2.45) is 0 Å². The molecule has 1 amide bonds. The number of ether oxygens (including phenoxy) is 1. The number of carbonyl (C=O) groups excluding carboxylic acids is 1. The van der Waals surface area contributed by atoms with Gasteiger partial charge >= 0.3 is 6.18 Å². The smallest absolute Gasteiger partial charge is 0.422 e. The van der Waals surface area contributed by atoms with Crippen molar-refractivity contribution in [3.8, 4) is 11.8 Å². The first-order valence-electron chi connectivity index (χ1n) is 10.6. The van der Waals surface area contributed by atoms with Gasteiger partial charge in [-0.1, -0.05) is 22.9 Å². The van der Waals surface area contributed by atoms with Crippen LogP contribution in [0.2, 0.25) is 4.34 Å². The Balaban J connectivity index is 1.46. The number of thiazole rings is 1. The molecule has 4 heterocycles. The van der Waals surface area contributed by atoms with E-state index < -0.39 is 12.8 Å². The number of alkyl halides is 3. The lowest BCUT2D eigenvalue weighted by molar-refractivity contribution is -0.155. The molecular weight excluding hydrogens is 509 g/mol. The fraction of sp³-hybridized carbons (Fsp3) is 0.400. The van der Waals surface area contributed by atoms with Crippen LogP contribution in [0.25, 0.3) is 16.9 Å². The Morgan fingerprint density at radius 2 is 2.03 bits per heavy atom. The quantitative estimate of drug-likeness (QED) is 0.404. The Labute approximate surface area is 205 Å². The molecule has 0 aromatic carbocycles. The number of nitrogens with one attached hydrogen (secondary N) is 1. The Morgan fingerprint density at radius 1 is 1.23 bits per heavy atom. The zero-order valence-corrected chi connectivity index (χ0v) is 19.5. The molecule has 1 fully saturated rings. The summed E-state index contributed by atoms with van der Waals surface area (Å²) in [5, 5.41) is 11.3. The number of halogens is 4. The predicted octanol–water partition coefficient (Wildman–Crippen LogP) is 3.98. The topological polar surface area (TPSA) is 113 Å². The Morgan fingerprint density at radius 3 is 2.74 bits per heavy atom. The SMILES string of the molecule is O=C(N[C@H]1CCC[C@@H](n2c(OCC(F)(F)F)nc3cnc(-n4nccn4)cc32)C1)c1ncc(Cl)s1. The van der Waals surface area contributed by atoms with E-state index in [0.29, 0.717) is 34.0 Å². The lowest BCUT2D eigenvalue weighted by Gasteiger charge is -2.31. The molecule has 184 valence electrons. The van der Waals surface area contributed by atoms with Crippen LogP contribution in [0.1, 0.15) is 41.5 Å². The molecule has 0 radical (unpaired) electrons. The van der Waals surface area contributed by atoms with Gasteiger partial charge in [0.05, 0.1) is 30.3 Å². The Kier molecular flexibility index (Phi) is 6.32. The van der Waals surface area contributed by atoms with E-state index in [-0.39, 0.29) is 29.0 Å². The van der Waals surface area contributed by atoms with Crippen molar-refractivity contribution in [1.29, 1.82) is 0 Å². The van der Waals surface area contributed by atoms with Crippen molar-refractivity contribution < 1.29 is 22.7 Å². The molecule has 0 unspecified atom stereocenters. The third-order valence-corrected chi connectivity index (χ3v) is 6.65. The van der Waals surface area contributed by atoms with E-state index in [1.165, 1.54) is 29.6 Å². The van der Waals surface area contributed by atoms with E-state index in [4.69, 9.17) is 16.3 Å². The maximum Gasteiger partial charge on any atom is 0.422 e. The number of hydrogen-bond donors (Lipinski definition) is 1. The van der Waals surface area contributed by atoms with Gasteiger partial charge in [-0.15, -0.1) is 4.80 Å². The molecular formula is C20H18ClF3N8O2S. The average Bonchev–Trinajstić information content (AvgIpc) is 3.56. The zero-order valence-electron chi connectivity index (χ0n) is 17.9. The molecule has 0 bridgehead atoms. The molecule has 1 N–H and O–H groups in total. The lowest BCUT2D eigenvalue weighted by atomic mass is 9.90. The minimum atomic E-state index is -4.52. The van der Waals surface area contributed by atoms with Crippen LogP contribution in [0, 0.1) is 0 Å². The first-order chi connectivity index (χ1) is 16.8. The third-order valence-electron chi connectivity index (χ3n) is 5.54. The van der Waals surface area contributed by atoms with Gasteiger partial charge in [0.1, 0.15) is 9.85 Å². The van der Waals surface area contributed by atoms with Crippen LogP contribution in [0.5, 0.6) is 6.01 Å². The van der Waals surface area contributed by atoms with Crippen molar-refractivity contribution >= 4 is 39.9 Å². The highest BCUT2D eigenvalue weighted by Crippen LogP contribution is 2.36. The number of imidazole rings is 1. The summed E-state index contributed by atoms with van der Waals surface area (Å²) < 4.78 is 46.0. The maximum absolute atomic E-state index is 12.9. The Hall–Kier alpha value is -3.26. The standard InChI is InChI=1S/C20H18ClF3N8O2S/c21-15-9-26-18(35-15)17(33)29-11-2-1-3-12(6-11)31-14-7-16(32-27-4-5-28-32)25-8-13(14)30-19(31)34-10-20(22,23)24/h4-5,7-9,11-12H,1-3,6,10H2,(H,29,33)/t11-,12+/m0/s1. The van der Waals surface area contributed by atoms with E-state index in [1.54, 1.807) is 10.6 Å². The number of hydrogen-bond acceptors (Lipinski definition) is 8. The van der Waals surface area contributed by atoms with Crippen LogP contribution in [-0.4, -0.2) is 59.2 Å². The summed E-state index contributed by atoms with van der Waals surface area (Å²) in [5.74, 6) is 0.0418. The van der Waals surface area contributed by atoms with Crippen molar-refractivity contribution in [1.82, 2.24) is 39.8 Å². The molecule has 1 aliphatic rings. The zero-order chi connectivity index (χ0) is 24.6. The monoisotopic (exact) mass is 526 g/mol.